The molecule has 0 unspecified atom stereocenters. The molecule has 0 bridgehead atoms. The first-order chi connectivity index (χ1) is 14.2. The van der Waals surface area contributed by atoms with E-state index in [1.165, 1.54) is 6.07 Å². The van der Waals surface area contributed by atoms with Crippen molar-refractivity contribution in [3.8, 4) is 11.3 Å². The third-order valence-corrected chi connectivity index (χ3v) is 4.74. The van der Waals surface area contributed by atoms with Crippen LogP contribution in [0.5, 0.6) is 0 Å². The number of rotatable bonds is 5. The Morgan fingerprint density at radius 2 is 1.76 bits per heavy atom. The molecule has 0 spiro atoms. The molecule has 5 heteroatoms. The molecule has 0 atom stereocenters. The average molecular weight is 383 g/mol. The van der Waals surface area contributed by atoms with Crippen molar-refractivity contribution in [2.75, 3.05) is 5.32 Å². The minimum atomic E-state index is -0.234. The predicted octanol–water partition coefficient (Wildman–Crippen LogP) is 4.73. The van der Waals surface area contributed by atoms with Gasteiger partial charge in [-0.1, -0.05) is 55.5 Å². The Balaban J connectivity index is 1.76. The molecule has 0 aliphatic carbocycles. The van der Waals surface area contributed by atoms with Gasteiger partial charge in [0.1, 0.15) is 0 Å². The number of fused-ring (bicyclic) bond motifs is 1. The molecule has 2 aromatic carbocycles. The molecule has 29 heavy (non-hydrogen) atoms. The van der Waals surface area contributed by atoms with Crippen molar-refractivity contribution in [3.05, 3.63) is 94.9 Å². The summed E-state index contributed by atoms with van der Waals surface area (Å²) in [6, 6.07) is 22.3. The lowest BCUT2D eigenvalue weighted by molar-refractivity contribution is 0.102. The number of nitrogens with zero attached hydrogens (tertiary/aromatic N) is 2. The summed E-state index contributed by atoms with van der Waals surface area (Å²) in [5, 5.41) is 3.71. The number of anilines is 1. The van der Waals surface area contributed by atoms with E-state index in [-0.39, 0.29) is 11.5 Å². The van der Waals surface area contributed by atoms with Crippen LogP contribution in [0, 0.1) is 0 Å². The van der Waals surface area contributed by atoms with Crippen LogP contribution >= 0.6 is 0 Å². The highest BCUT2D eigenvalue weighted by Crippen LogP contribution is 2.25. The van der Waals surface area contributed by atoms with Gasteiger partial charge in [-0.2, -0.15) is 0 Å². The monoisotopic (exact) mass is 383 g/mol. The average Bonchev–Trinajstić information content (AvgIpc) is 2.76. The highest BCUT2D eigenvalue weighted by Gasteiger charge is 2.14. The molecule has 144 valence electrons. The first-order valence-corrected chi connectivity index (χ1v) is 9.63. The third kappa shape index (κ3) is 3.94. The fourth-order valence-electron chi connectivity index (χ4n) is 3.34. The summed E-state index contributed by atoms with van der Waals surface area (Å²) in [7, 11) is 0. The van der Waals surface area contributed by atoms with Crippen molar-refractivity contribution >= 4 is 22.5 Å². The van der Waals surface area contributed by atoms with Crippen LogP contribution in [0.15, 0.2) is 83.8 Å². The molecule has 4 aromatic rings. The first-order valence-electron chi connectivity index (χ1n) is 9.63. The lowest BCUT2D eigenvalue weighted by atomic mass is 10.0. The number of carbonyl (C=O) groups excluding carboxylic acids is 1. The zero-order valence-corrected chi connectivity index (χ0v) is 16.1. The second kappa shape index (κ2) is 8.10. The van der Waals surface area contributed by atoms with Gasteiger partial charge >= 0.3 is 0 Å². The van der Waals surface area contributed by atoms with E-state index in [9.17, 15) is 9.59 Å². The molecular formula is C24H21N3O2. The lowest BCUT2D eigenvalue weighted by Gasteiger charge is -2.12. The number of carbonyl (C=O) groups is 1. The highest BCUT2D eigenvalue weighted by molar-refractivity contribution is 6.13. The van der Waals surface area contributed by atoms with Crippen molar-refractivity contribution in [2.45, 2.75) is 19.9 Å². The van der Waals surface area contributed by atoms with Crippen molar-refractivity contribution in [1.29, 1.82) is 0 Å². The Morgan fingerprint density at radius 1 is 1.00 bits per heavy atom. The molecule has 1 N–H and O–H groups in total. The summed E-state index contributed by atoms with van der Waals surface area (Å²) in [5.74, 6) is -0.234. The van der Waals surface area contributed by atoms with E-state index in [1.54, 1.807) is 16.8 Å². The summed E-state index contributed by atoms with van der Waals surface area (Å²) < 4.78 is 1.61. The zero-order valence-electron chi connectivity index (χ0n) is 16.1. The number of benzene rings is 2. The van der Waals surface area contributed by atoms with Crippen molar-refractivity contribution in [3.63, 3.8) is 0 Å². The van der Waals surface area contributed by atoms with Gasteiger partial charge < -0.3 is 9.88 Å². The van der Waals surface area contributed by atoms with E-state index >= 15 is 0 Å². The molecule has 2 heterocycles. The topological polar surface area (TPSA) is 64.0 Å². The van der Waals surface area contributed by atoms with Gasteiger partial charge in [0.2, 0.25) is 0 Å². The third-order valence-electron chi connectivity index (χ3n) is 4.74. The van der Waals surface area contributed by atoms with Gasteiger partial charge in [0.15, 0.2) is 0 Å². The number of aryl methyl sites for hydroxylation is 1. The van der Waals surface area contributed by atoms with Crippen molar-refractivity contribution in [1.82, 2.24) is 9.55 Å². The van der Waals surface area contributed by atoms with E-state index in [1.807, 2.05) is 67.6 Å². The van der Waals surface area contributed by atoms with E-state index < -0.39 is 0 Å². The second-order valence-corrected chi connectivity index (χ2v) is 6.84. The molecule has 1 amide bonds. The van der Waals surface area contributed by atoms with E-state index in [4.69, 9.17) is 4.98 Å². The zero-order chi connectivity index (χ0) is 20.2. The molecule has 0 radical (unpaired) electrons. The van der Waals surface area contributed by atoms with Gasteiger partial charge in [-0.3, -0.25) is 9.59 Å². The Bertz CT molecular complexity index is 1230. The Morgan fingerprint density at radius 3 is 2.55 bits per heavy atom. The molecule has 0 fully saturated rings. The maximum absolute atomic E-state index is 13.1. The van der Waals surface area contributed by atoms with E-state index in [0.29, 0.717) is 17.8 Å². The van der Waals surface area contributed by atoms with Crippen LogP contribution in [-0.4, -0.2) is 15.5 Å². The number of para-hydroxylation sites is 1. The minimum Gasteiger partial charge on any atom is -0.321 e. The summed E-state index contributed by atoms with van der Waals surface area (Å²) in [6.07, 6.45) is 2.53. The fourth-order valence-corrected chi connectivity index (χ4v) is 3.34. The van der Waals surface area contributed by atoms with Crippen LogP contribution in [0.4, 0.5) is 5.69 Å². The Hall–Kier alpha value is -3.73. The highest BCUT2D eigenvalue weighted by atomic mass is 16.1. The standard InChI is InChI=1S/C24H21N3O2/c1-2-14-27-16-18(12-13-23(27)28)25-24(29)20-15-22(17-8-4-3-5-9-17)26-21-11-7-6-10-19(20)21/h3-13,15-16H,2,14H2,1H3,(H,25,29). The molecule has 2 aromatic heterocycles. The van der Waals surface area contributed by atoms with Gasteiger partial charge in [0.05, 0.1) is 22.5 Å². The number of hydrogen-bond acceptors (Lipinski definition) is 3. The number of hydrogen-bond donors (Lipinski definition) is 1. The molecular weight excluding hydrogens is 362 g/mol. The number of pyridine rings is 2. The Labute approximate surface area is 168 Å². The van der Waals surface area contributed by atoms with Gasteiger partial charge in [0.25, 0.3) is 11.5 Å². The summed E-state index contributed by atoms with van der Waals surface area (Å²) in [5.41, 5.74) is 3.50. The quantitative estimate of drug-likeness (QED) is 0.542. The minimum absolute atomic E-state index is 0.0782. The second-order valence-electron chi connectivity index (χ2n) is 6.84. The fraction of sp³-hybridized carbons (Fsp3) is 0.125. The number of aromatic nitrogens is 2. The van der Waals surface area contributed by atoms with Crippen LogP contribution < -0.4 is 10.9 Å². The van der Waals surface area contributed by atoms with Gasteiger partial charge in [-0.15, -0.1) is 0 Å². The number of nitrogens with one attached hydrogen (secondary N) is 1. The molecule has 0 saturated heterocycles. The van der Waals surface area contributed by atoms with Crippen LogP contribution in [-0.2, 0) is 6.54 Å². The first kappa shape index (κ1) is 18.6. The molecule has 5 nitrogen and oxygen atoms in total. The van der Waals surface area contributed by atoms with E-state index in [0.717, 1.165) is 28.6 Å². The van der Waals surface area contributed by atoms with Crippen LogP contribution in [0.25, 0.3) is 22.2 Å². The molecule has 4 rings (SSSR count). The SMILES string of the molecule is CCCn1cc(NC(=O)c2cc(-c3ccccc3)nc3ccccc23)ccc1=O. The van der Waals surface area contributed by atoms with Crippen LogP contribution in [0.1, 0.15) is 23.7 Å². The molecule has 0 aliphatic heterocycles. The van der Waals surface area contributed by atoms with Crippen LogP contribution in [0.2, 0.25) is 0 Å². The summed E-state index contributed by atoms with van der Waals surface area (Å²) in [4.78, 5) is 29.8. The van der Waals surface area contributed by atoms with Gasteiger partial charge in [0, 0.05) is 29.8 Å². The predicted molar refractivity (Wildman–Crippen MR) is 116 cm³/mol. The van der Waals surface area contributed by atoms with Crippen LogP contribution in [0.3, 0.4) is 0 Å². The van der Waals surface area contributed by atoms with Crippen molar-refractivity contribution < 1.29 is 4.79 Å². The summed E-state index contributed by atoms with van der Waals surface area (Å²) >= 11 is 0. The Kier molecular flexibility index (Phi) is 5.20. The van der Waals surface area contributed by atoms with Gasteiger partial charge in [-0.05, 0) is 24.6 Å². The lowest BCUT2D eigenvalue weighted by Crippen LogP contribution is -2.20. The molecule has 0 saturated carbocycles. The smallest absolute Gasteiger partial charge is 0.256 e. The van der Waals surface area contributed by atoms with E-state index in [2.05, 4.69) is 5.32 Å². The normalized spacial score (nSPS) is 10.8. The maximum Gasteiger partial charge on any atom is 0.256 e. The van der Waals surface area contributed by atoms with Gasteiger partial charge in [-0.25, -0.2) is 4.98 Å². The van der Waals surface area contributed by atoms with Crippen molar-refractivity contribution in [2.24, 2.45) is 0 Å². The summed E-state index contributed by atoms with van der Waals surface area (Å²) in [6.45, 7) is 2.62. The maximum atomic E-state index is 13.1. The number of amides is 1. The largest absolute Gasteiger partial charge is 0.321 e. The molecule has 0 aliphatic rings.